The van der Waals surface area contributed by atoms with Gasteiger partial charge >= 0.3 is 5.97 Å². The molecule has 1 aromatic rings. The van der Waals surface area contributed by atoms with Gasteiger partial charge in [-0.15, -0.1) is 11.8 Å². The van der Waals surface area contributed by atoms with E-state index in [2.05, 4.69) is 5.32 Å². The number of carbonyl (C=O) groups is 2. The third-order valence-corrected chi connectivity index (χ3v) is 3.56. The average Bonchev–Trinajstić information content (AvgIpc) is 2.32. The highest BCUT2D eigenvalue weighted by Gasteiger charge is 2.13. The maximum atomic E-state index is 13.2. The van der Waals surface area contributed by atoms with Crippen molar-refractivity contribution >= 4 is 46.8 Å². The minimum absolute atomic E-state index is 0.00759. The molecular formula is C11H10Cl2FNO3S. The molecule has 0 aliphatic carbocycles. The van der Waals surface area contributed by atoms with Gasteiger partial charge in [-0.1, -0.05) is 23.2 Å². The second kappa shape index (κ2) is 7.57. The second-order valence-electron chi connectivity index (χ2n) is 3.45. The molecule has 0 aliphatic heterocycles. The van der Waals surface area contributed by atoms with Gasteiger partial charge in [0.2, 0.25) is 0 Å². The zero-order valence-corrected chi connectivity index (χ0v) is 11.9. The number of rotatable bonds is 6. The number of benzene rings is 1. The minimum atomic E-state index is -0.917. The van der Waals surface area contributed by atoms with E-state index < -0.39 is 17.7 Å². The summed E-state index contributed by atoms with van der Waals surface area (Å²) in [5.74, 6) is -1.77. The van der Waals surface area contributed by atoms with Gasteiger partial charge in [0.05, 0.1) is 21.4 Å². The molecule has 0 spiro atoms. The zero-order valence-electron chi connectivity index (χ0n) is 9.58. The van der Waals surface area contributed by atoms with E-state index in [4.69, 9.17) is 28.3 Å². The number of carboxylic acid groups (broad SMARTS) is 1. The van der Waals surface area contributed by atoms with Crippen LogP contribution in [0.2, 0.25) is 10.0 Å². The second-order valence-corrected chi connectivity index (χ2v) is 5.37. The third-order valence-electron chi connectivity index (χ3n) is 2.01. The van der Waals surface area contributed by atoms with Crippen LogP contribution in [-0.2, 0) is 4.79 Å². The van der Waals surface area contributed by atoms with Crippen LogP contribution in [0.4, 0.5) is 4.39 Å². The Kier molecular flexibility index (Phi) is 6.41. The third kappa shape index (κ3) is 5.26. The molecule has 2 N–H and O–H groups in total. The molecule has 0 bridgehead atoms. The Hall–Kier alpha value is -0.980. The highest BCUT2D eigenvalue weighted by atomic mass is 35.5. The maximum absolute atomic E-state index is 13.2. The Morgan fingerprint density at radius 1 is 1.32 bits per heavy atom. The molecule has 4 nitrogen and oxygen atoms in total. The Bertz CT molecular complexity index is 499. The van der Waals surface area contributed by atoms with Gasteiger partial charge in [-0.05, 0) is 12.1 Å². The summed E-state index contributed by atoms with van der Waals surface area (Å²) in [6, 6.07) is 2.12. The van der Waals surface area contributed by atoms with Crippen molar-refractivity contribution in [2.75, 3.05) is 18.1 Å². The van der Waals surface area contributed by atoms with Crippen LogP contribution < -0.4 is 5.32 Å². The molecule has 0 atom stereocenters. The fourth-order valence-electron chi connectivity index (χ4n) is 1.19. The van der Waals surface area contributed by atoms with Crippen molar-refractivity contribution in [3.8, 4) is 0 Å². The first kappa shape index (κ1) is 16.1. The molecule has 0 fully saturated rings. The molecule has 0 radical (unpaired) electrons. The summed E-state index contributed by atoms with van der Waals surface area (Å²) >= 11 is 12.5. The van der Waals surface area contributed by atoms with Gasteiger partial charge in [0.25, 0.3) is 5.91 Å². The molecule has 0 saturated carbocycles. The van der Waals surface area contributed by atoms with Crippen molar-refractivity contribution in [2.45, 2.75) is 0 Å². The number of aliphatic carboxylic acids is 1. The normalized spacial score (nSPS) is 10.3. The summed E-state index contributed by atoms with van der Waals surface area (Å²) < 4.78 is 13.2. The van der Waals surface area contributed by atoms with Crippen LogP contribution in [0.5, 0.6) is 0 Å². The number of carboxylic acids is 1. The number of carbonyl (C=O) groups excluding carboxylic acids is 1. The first-order valence-electron chi connectivity index (χ1n) is 5.14. The molecule has 8 heteroatoms. The molecule has 1 amide bonds. The lowest BCUT2D eigenvalue weighted by Crippen LogP contribution is -2.26. The van der Waals surface area contributed by atoms with Crippen LogP contribution in [-0.4, -0.2) is 35.0 Å². The van der Waals surface area contributed by atoms with Crippen LogP contribution in [0.1, 0.15) is 10.4 Å². The number of hydrogen-bond donors (Lipinski definition) is 2. The van der Waals surface area contributed by atoms with E-state index in [1.165, 1.54) is 11.8 Å². The van der Waals surface area contributed by atoms with Crippen LogP contribution in [0.25, 0.3) is 0 Å². The van der Waals surface area contributed by atoms with Gasteiger partial charge in [0.1, 0.15) is 5.82 Å². The van der Waals surface area contributed by atoms with Crippen molar-refractivity contribution in [3.05, 3.63) is 33.6 Å². The van der Waals surface area contributed by atoms with Gasteiger partial charge < -0.3 is 10.4 Å². The lowest BCUT2D eigenvalue weighted by molar-refractivity contribution is -0.133. The summed E-state index contributed by atoms with van der Waals surface area (Å²) in [4.78, 5) is 21.9. The van der Waals surface area contributed by atoms with E-state index >= 15 is 0 Å². The molecule has 1 aromatic carbocycles. The van der Waals surface area contributed by atoms with Crippen molar-refractivity contribution in [3.63, 3.8) is 0 Å². The SMILES string of the molecule is O=C(O)CSCCNC(=O)c1cc(F)c(Cl)cc1Cl. The van der Waals surface area contributed by atoms with Gasteiger partial charge in [-0.2, -0.15) is 0 Å². The molecule has 19 heavy (non-hydrogen) atoms. The summed E-state index contributed by atoms with van der Waals surface area (Å²) in [5, 5.41) is 10.8. The number of nitrogens with one attached hydrogen (secondary N) is 1. The minimum Gasteiger partial charge on any atom is -0.481 e. The molecule has 0 saturated heterocycles. The predicted octanol–water partition coefficient (Wildman–Crippen LogP) is 2.68. The topological polar surface area (TPSA) is 66.4 Å². The lowest BCUT2D eigenvalue weighted by Gasteiger charge is -2.07. The van der Waals surface area contributed by atoms with E-state index in [1.54, 1.807) is 0 Å². The Morgan fingerprint density at radius 2 is 2.00 bits per heavy atom. The van der Waals surface area contributed by atoms with Crippen molar-refractivity contribution in [1.29, 1.82) is 0 Å². The number of halogens is 3. The average molecular weight is 326 g/mol. The first-order valence-corrected chi connectivity index (χ1v) is 7.05. The smallest absolute Gasteiger partial charge is 0.313 e. The van der Waals surface area contributed by atoms with E-state index in [1.807, 2.05) is 0 Å². The van der Waals surface area contributed by atoms with Gasteiger partial charge in [0.15, 0.2) is 0 Å². The lowest BCUT2D eigenvalue weighted by atomic mass is 10.2. The predicted molar refractivity (Wildman–Crippen MR) is 73.7 cm³/mol. The molecule has 1 rings (SSSR count). The van der Waals surface area contributed by atoms with Crippen molar-refractivity contribution in [1.82, 2.24) is 5.32 Å². The monoisotopic (exact) mass is 325 g/mol. The van der Waals surface area contributed by atoms with E-state index in [0.717, 1.165) is 12.1 Å². The first-order chi connectivity index (χ1) is 8.91. The summed E-state index contributed by atoms with van der Waals surface area (Å²) in [6.45, 7) is 0.261. The summed E-state index contributed by atoms with van der Waals surface area (Å²) in [7, 11) is 0. The zero-order chi connectivity index (χ0) is 14.4. The van der Waals surface area contributed by atoms with E-state index in [9.17, 15) is 14.0 Å². The molecule has 0 heterocycles. The Balaban J connectivity index is 2.50. The number of thioether (sulfide) groups is 1. The fraction of sp³-hybridized carbons (Fsp3) is 0.273. The van der Waals surface area contributed by atoms with Crippen molar-refractivity contribution in [2.24, 2.45) is 0 Å². The number of hydrogen-bond acceptors (Lipinski definition) is 3. The molecule has 0 aliphatic rings. The van der Waals surface area contributed by atoms with Crippen LogP contribution in [0.3, 0.4) is 0 Å². The Morgan fingerprint density at radius 3 is 2.63 bits per heavy atom. The van der Waals surface area contributed by atoms with Gasteiger partial charge in [-0.25, -0.2) is 4.39 Å². The molecule has 0 unspecified atom stereocenters. The van der Waals surface area contributed by atoms with Crippen LogP contribution in [0, 0.1) is 5.82 Å². The standard InChI is InChI=1S/C11H10Cl2FNO3S/c12-7-4-8(13)9(14)3-6(7)11(18)15-1-2-19-5-10(16)17/h3-4H,1-2,5H2,(H,15,18)(H,16,17). The summed E-state index contributed by atoms with van der Waals surface area (Å²) in [6.07, 6.45) is 0. The fourth-order valence-corrected chi connectivity index (χ4v) is 2.22. The quantitative estimate of drug-likeness (QED) is 0.623. The van der Waals surface area contributed by atoms with Gasteiger partial charge in [-0.3, -0.25) is 9.59 Å². The van der Waals surface area contributed by atoms with Crippen LogP contribution >= 0.6 is 35.0 Å². The van der Waals surface area contributed by atoms with Gasteiger partial charge in [0, 0.05) is 12.3 Å². The van der Waals surface area contributed by atoms with Crippen molar-refractivity contribution < 1.29 is 19.1 Å². The van der Waals surface area contributed by atoms with Crippen LogP contribution in [0.15, 0.2) is 12.1 Å². The van der Waals surface area contributed by atoms with E-state index in [0.29, 0.717) is 5.75 Å². The maximum Gasteiger partial charge on any atom is 0.313 e. The summed E-state index contributed by atoms with van der Waals surface area (Å²) in [5.41, 5.74) is -0.00759. The Labute approximate surface area is 123 Å². The largest absolute Gasteiger partial charge is 0.481 e. The molecular weight excluding hydrogens is 316 g/mol. The number of amides is 1. The highest BCUT2D eigenvalue weighted by molar-refractivity contribution is 7.99. The molecule has 104 valence electrons. The molecule has 0 aromatic heterocycles. The highest BCUT2D eigenvalue weighted by Crippen LogP contribution is 2.24. The van der Waals surface area contributed by atoms with E-state index in [-0.39, 0.29) is 27.9 Å².